The smallest absolute Gasteiger partial charge is 0.307 e. The molecule has 0 aliphatic heterocycles. The SMILES string of the molecule is COC(=O)CC(NC(=O)COc1ccc2oc3c(c2c1)CCCC3)c1cccs1. The van der Waals surface area contributed by atoms with Crippen molar-refractivity contribution < 1.29 is 23.5 Å². The summed E-state index contributed by atoms with van der Waals surface area (Å²) in [5.74, 6) is 1.03. The molecule has 2 heterocycles. The zero-order valence-electron chi connectivity index (χ0n) is 16.2. The molecule has 1 unspecified atom stereocenters. The molecule has 3 aromatic rings. The van der Waals surface area contributed by atoms with Gasteiger partial charge in [-0.2, -0.15) is 0 Å². The number of carbonyl (C=O) groups is 2. The fourth-order valence-corrected chi connectivity index (χ4v) is 4.46. The number of furan rings is 1. The summed E-state index contributed by atoms with van der Waals surface area (Å²) in [6.07, 6.45) is 4.40. The number of aryl methyl sites for hydroxylation is 2. The molecule has 1 N–H and O–H groups in total. The van der Waals surface area contributed by atoms with Crippen molar-refractivity contribution in [2.45, 2.75) is 38.1 Å². The van der Waals surface area contributed by atoms with Gasteiger partial charge in [0.2, 0.25) is 0 Å². The van der Waals surface area contributed by atoms with Gasteiger partial charge < -0.3 is 19.2 Å². The first-order valence-electron chi connectivity index (χ1n) is 9.70. The van der Waals surface area contributed by atoms with E-state index in [2.05, 4.69) is 5.32 Å². The Labute approximate surface area is 172 Å². The summed E-state index contributed by atoms with van der Waals surface area (Å²) in [6.45, 7) is -0.130. The van der Waals surface area contributed by atoms with Gasteiger partial charge in [0.1, 0.15) is 17.1 Å². The van der Waals surface area contributed by atoms with Crippen molar-refractivity contribution in [3.63, 3.8) is 0 Å². The Kier molecular flexibility index (Phi) is 5.85. The van der Waals surface area contributed by atoms with Crippen molar-refractivity contribution in [2.75, 3.05) is 13.7 Å². The molecule has 7 heteroatoms. The number of fused-ring (bicyclic) bond motifs is 3. The first kappa shape index (κ1) is 19.5. The Bertz CT molecular complexity index is 1010. The molecule has 1 aromatic carbocycles. The zero-order chi connectivity index (χ0) is 20.2. The maximum absolute atomic E-state index is 12.4. The summed E-state index contributed by atoms with van der Waals surface area (Å²) in [4.78, 5) is 25.0. The minimum Gasteiger partial charge on any atom is -0.484 e. The number of methoxy groups -OCH3 is 1. The van der Waals surface area contributed by atoms with E-state index in [1.807, 2.05) is 35.7 Å². The Balaban J connectivity index is 1.41. The highest BCUT2D eigenvalue weighted by Gasteiger charge is 2.21. The van der Waals surface area contributed by atoms with Gasteiger partial charge in [0, 0.05) is 22.2 Å². The number of ether oxygens (including phenoxy) is 2. The molecule has 1 atom stereocenters. The van der Waals surface area contributed by atoms with E-state index in [0.29, 0.717) is 5.75 Å². The highest BCUT2D eigenvalue weighted by molar-refractivity contribution is 7.10. The van der Waals surface area contributed by atoms with Crippen molar-refractivity contribution in [2.24, 2.45) is 0 Å². The van der Waals surface area contributed by atoms with Gasteiger partial charge in [0.15, 0.2) is 6.61 Å². The molecule has 1 aliphatic rings. The van der Waals surface area contributed by atoms with E-state index < -0.39 is 6.04 Å². The third kappa shape index (κ3) is 4.45. The van der Waals surface area contributed by atoms with E-state index >= 15 is 0 Å². The summed E-state index contributed by atoms with van der Waals surface area (Å²) in [6, 6.07) is 8.99. The van der Waals surface area contributed by atoms with Gasteiger partial charge in [-0.1, -0.05) is 6.07 Å². The molecule has 0 radical (unpaired) electrons. The van der Waals surface area contributed by atoms with Gasteiger partial charge in [-0.25, -0.2) is 0 Å². The lowest BCUT2D eigenvalue weighted by Gasteiger charge is -2.16. The number of rotatable bonds is 7. The van der Waals surface area contributed by atoms with Crippen LogP contribution in [0.2, 0.25) is 0 Å². The second kappa shape index (κ2) is 8.69. The van der Waals surface area contributed by atoms with Gasteiger partial charge in [0.05, 0.1) is 19.6 Å². The Morgan fingerprint density at radius 3 is 2.90 bits per heavy atom. The first-order valence-corrected chi connectivity index (χ1v) is 10.6. The highest BCUT2D eigenvalue weighted by Crippen LogP contribution is 2.34. The summed E-state index contributed by atoms with van der Waals surface area (Å²) < 4.78 is 16.4. The zero-order valence-corrected chi connectivity index (χ0v) is 17.1. The van der Waals surface area contributed by atoms with E-state index in [9.17, 15) is 9.59 Å². The van der Waals surface area contributed by atoms with Crippen molar-refractivity contribution in [3.8, 4) is 5.75 Å². The standard InChI is InChI=1S/C22H23NO5S/c1-26-22(25)12-17(20-7-4-10-29-20)23-21(24)13-27-14-8-9-19-16(11-14)15-5-2-3-6-18(15)28-19/h4,7-11,17H,2-3,5-6,12-13H2,1H3,(H,23,24). The van der Waals surface area contributed by atoms with Crippen LogP contribution in [-0.4, -0.2) is 25.6 Å². The largest absolute Gasteiger partial charge is 0.484 e. The fourth-order valence-electron chi connectivity index (χ4n) is 3.68. The van der Waals surface area contributed by atoms with Crippen LogP contribution in [0.4, 0.5) is 0 Å². The number of esters is 1. The number of amides is 1. The molecule has 0 saturated heterocycles. The predicted octanol–water partition coefficient (Wildman–Crippen LogP) is 4.17. The highest BCUT2D eigenvalue weighted by atomic mass is 32.1. The number of hydrogen-bond acceptors (Lipinski definition) is 6. The molecule has 4 rings (SSSR count). The summed E-state index contributed by atoms with van der Waals surface area (Å²) in [5.41, 5.74) is 2.13. The Hall–Kier alpha value is -2.80. The van der Waals surface area contributed by atoms with Crippen LogP contribution in [0, 0.1) is 0 Å². The van der Waals surface area contributed by atoms with Gasteiger partial charge >= 0.3 is 5.97 Å². The molecule has 152 valence electrons. The molecule has 1 amide bonds. The molecular weight excluding hydrogens is 390 g/mol. The van der Waals surface area contributed by atoms with Crippen molar-refractivity contribution in [1.29, 1.82) is 0 Å². The lowest BCUT2D eigenvalue weighted by Crippen LogP contribution is -2.33. The minimum absolute atomic E-state index is 0.0792. The Morgan fingerprint density at radius 2 is 2.10 bits per heavy atom. The molecule has 2 aromatic heterocycles. The molecule has 6 nitrogen and oxygen atoms in total. The number of carbonyl (C=O) groups excluding carboxylic acids is 2. The van der Waals surface area contributed by atoms with E-state index in [4.69, 9.17) is 13.9 Å². The number of benzene rings is 1. The number of nitrogens with one attached hydrogen (secondary N) is 1. The van der Waals surface area contributed by atoms with Crippen molar-refractivity contribution >= 4 is 34.2 Å². The first-order chi connectivity index (χ1) is 14.1. The second-order valence-corrected chi connectivity index (χ2v) is 8.05. The van der Waals surface area contributed by atoms with E-state index in [1.165, 1.54) is 30.4 Å². The normalized spacial score (nSPS) is 14.2. The molecule has 0 saturated carbocycles. The second-order valence-electron chi connectivity index (χ2n) is 7.07. The van der Waals surface area contributed by atoms with E-state index in [-0.39, 0.29) is 24.9 Å². The van der Waals surface area contributed by atoms with Crippen LogP contribution in [0.15, 0.2) is 40.1 Å². The molecule has 0 bridgehead atoms. The third-order valence-electron chi connectivity index (χ3n) is 5.12. The van der Waals surface area contributed by atoms with Crippen LogP contribution >= 0.6 is 11.3 Å². The van der Waals surface area contributed by atoms with Crippen LogP contribution in [-0.2, 0) is 27.2 Å². The van der Waals surface area contributed by atoms with E-state index in [0.717, 1.165) is 40.9 Å². The molecule has 1 aliphatic carbocycles. The van der Waals surface area contributed by atoms with Gasteiger partial charge in [0.25, 0.3) is 5.91 Å². The maximum Gasteiger partial charge on any atom is 0.307 e. The van der Waals surface area contributed by atoms with Crippen LogP contribution in [0.25, 0.3) is 11.0 Å². The molecular formula is C22H23NO5S. The topological polar surface area (TPSA) is 77.8 Å². The summed E-state index contributed by atoms with van der Waals surface area (Å²) in [7, 11) is 1.34. The molecule has 29 heavy (non-hydrogen) atoms. The lowest BCUT2D eigenvalue weighted by molar-refractivity contribution is -0.141. The van der Waals surface area contributed by atoms with Crippen LogP contribution in [0.1, 0.15) is 41.5 Å². The van der Waals surface area contributed by atoms with Gasteiger partial charge in [-0.05, 0) is 48.9 Å². The summed E-state index contributed by atoms with van der Waals surface area (Å²) >= 11 is 1.48. The lowest BCUT2D eigenvalue weighted by atomic mass is 9.96. The predicted molar refractivity (Wildman–Crippen MR) is 110 cm³/mol. The summed E-state index contributed by atoms with van der Waals surface area (Å²) in [5, 5.41) is 5.84. The van der Waals surface area contributed by atoms with Gasteiger partial charge in [-0.15, -0.1) is 11.3 Å². The van der Waals surface area contributed by atoms with Gasteiger partial charge in [-0.3, -0.25) is 9.59 Å². The van der Waals surface area contributed by atoms with Crippen LogP contribution in [0.5, 0.6) is 5.75 Å². The average Bonchev–Trinajstić information content (AvgIpc) is 3.39. The number of hydrogen-bond donors (Lipinski definition) is 1. The van der Waals surface area contributed by atoms with Crippen LogP contribution in [0.3, 0.4) is 0 Å². The molecule has 0 fully saturated rings. The monoisotopic (exact) mass is 413 g/mol. The third-order valence-corrected chi connectivity index (χ3v) is 6.10. The van der Waals surface area contributed by atoms with Crippen molar-refractivity contribution in [3.05, 3.63) is 51.9 Å². The van der Waals surface area contributed by atoms with E-state index in [1.54, 1.807) is 0 Å². The van der Waals surface area contributed by atoms with Crippen molar-refractivity contribution in [1.82, 2.24) is 5.32 Å². The maximum atomic E-state index is 12.4. The minimum atomic E-state index is -0.429. The fraction of sp³-hybridized carbons (Fsp3) is 0.364. The Morgan fingerprint density at radius 1 is 1.24 bits per heavy atom. The average molecular weight is 413 g/mol. The quantitative estimate of drug-likeness (QED) is 0.588. The number of thiophene rings is 1. The van der Waals surface area contributed by atoms with Crippen LogP contribution < -0.4 is 10.1 Å². The molecule has 0 spiro atoms.